The molecule has 8 heteroatoms. The summed E-state index contributed by atoms with van der Waals surface area (Å²) in [6, 6.07) is 13.7. The van der Waals surface area contributed by atoms with Crippen LogP contribution in [0.1, 0.15) is 22.3 Å². The standard InChI is InChI=1S/C17H12ClF3N2O2/c18-13-9-5-4-8-12(13)15(24)23-16(25,17(19,20)21)10-14(22-23)11-6-2-1-3-7-11/h1-9,25H,10H2/t16-/m0/s1. The summed E-state index contributed by atoms with van der Waals surface area (Å²) in [4.78, 5) is 12.6. The van der Waals surface area contributed by atoms with Gasteiger partial charge in [0.2, 0.25) is 0 Å². The molecule has 0 saturated carbocycles. The molecule has 0 radical (unpaired) electrons. The highest BCUT2D eigenvalue weighted by molar-refractivity contribution is 6.33. The SMILES string of the molecule is O=C(c1ccccc1Cl)N1N=C(c2ccccc2)C[C@]1(O)C(F)(F)F. The van der Waals surface area contributed by atoms with E-state index in [-0.39, 0.29) is 21.3 Å². The third kappa shape index (κ3) is 3.01. The summed E-state index contributed by atoms with van der Waals surface area (Å²) in [5.41, 5.74) is -3.26. The number of aliphatic hydroxyl groups is 1. The number of rotatable bonds is 2. The van der Waals surface area contributed by atoms with Gasteiger partial charge in [0.05, 0.1) is 22.7 Å². The first-order valence-electron chi connectivity index (χ1n) is 7.25. The number of carbonyl (C=O) groups excluding carboxylic acids is 1. The van der Waals surface area contributed by atoms with Crippen molar-refractivity contribution in [3.05, 3.63) is 70.7 Å². The molecule has 1 atom stereocenters. The zero-order valence-corrected chi connectivity index (χ0v) is 13.4. The van der Waals surface area contributed by atoms with E-state index in [4.69, 9.17) is 11.6 Å². The summed E-state index contributed by atoms with van der Waals surface area (Å²) in [6.45, 7) is 0. The summed E-state index contributed by atoms with van der Waals surface area (Å²) in [5.74, 6) is -1.13. The third-order valence-electron chi connectivity index (χ3n) is 3.84. The maximum atomic E-state index is 13.5. The molecule has 2 aromatic rings. The van der Waals surface area contributed by atoms with E-state index in [2.05, 4.69) is 5.10 Å². The van der Waals surface area contributed by atoms with Gasteiger partial charge in [-0.3, -0.25) is 4.79 Å². The monoisotopic (exact) mass is 368 g/mol. The molecule has 2 aromatic carbocycles. The zero-order chi connectivity index (χ0) is 18.2. The van der Waals surface area contributed by atoms with Crippen molar-refractivity contribution >= 4 is 23.2 Å². The van der Waals surface area contributed by atoms with Gasteiger partial charge in [0.25, 0.3) is 11.6 Å². The molecule has 0 spiro atoms. The Bertz CT molecular complexity index is 839. The van der Waals surface area contributed by atoms with Crippen LogP contribution < -0.4 is 0 Å². The average molecular weight is 369 g/mol. The molecule has 0 fully saturated rings. The molecule has 1 N–H and O–H groups in total. The van der Waals surface area contributed by atoms with Crippen molar-refractivity contribution in [2.45, 2.75) is 18.3 Å². The Hall–Kier alpha value is -2.38. The number of hydrazone groups is 1. The van der Waals surface area contributed by atoms with E-state index in [1.165, 1.54) is 24.3 Å². The molecule has 130 valence electrons. The van der Waals surface area contributed by atoms with Crippen LogP contribution in [0, 0.1) is 0 Å². The number of alkyl halides is 3. The molecule has 1 heterocycles. The molecule has 25 heavy (non-hydrogen) atoms. The van der Waals surface area contributed by atoms with Crippen LogP contribution in [-0.4, -0.2) is 33.6 Å². The molecule has 0 saturated heterocycles. The van der Waals surface area contributed by atoms with Gasteiger partial charge < -0.3 is 5.11 Å². The fourth-order valence-electron chi connectivity index (χ4n) is 2.52. The minimum atomic E-state index is -5.09. The molecule has 0 unspecified atom stereocenters. The van der Waals surface area contributed by atoms with Gasteiger partial charge in [0, 0.05) is 0 Å². The lowest BCUT2D eigenvalue weighted by Crippen LogP contribution is -2.56. The predicted octanol–water partition coefficient (Wildman–Crippen LogP) is 3.84. The van der Waals surface area contributed by atoms with E-state index >= 15 is 0 Å². The molecule has 3 rings (SSSR count). The highest BCUT2D eigenvalue weighted by Crippen LogP contribution is 2.42. The van der Waals surface area contributed by atoms with Crippen LogP contribution in [0.5, 0.6) is 0 Å². The smallest absolute Gasteiger partial charge is 0.362 e. The van der Waals surface area contributed by atoms with Gasteiger partial charge in [0.15, 0.2) is 0 Å². The fraction of sp³-hybridized carbons (Fsp3) is 0.176. The normalized spacial score (nSPS) is 20.5. The van der Waals surface area contributed by atoms with Gasteiger partial charge in [-0.15, -0.1) is 0 Å². The number of nitrogens with zero attached hydrogens (tertiary/aromatic N) is 2. The molecule has 1 aliphatic rings. The number of carbonyl (C=O) groups is 1. The number of benzene rings is 2. The highest BCUT2D eigenvalue weighted by Gasteiger charge is 2.63. The molecular formula is C17H12ClF3N2O2. The van der Waals surface area contributed by atoms with E-state index in [9.17, 15) is 23.1 Å². The minimum Gasteiger partial charge on any atom is -0.362 e. The third-order valence-corrected chi connectivity index (χ3v) is 4.17. The number of hydrogen-bond acceptors (Lipinski definition) is 3. The van der Waals surface area contributed by atoms with Crippen molar-refractivity contribution in [3.8, 4) is 0 Å². The Morgan fingerprint density at radius 1 is 1.12 bits per heavy atom. The second-order valence-electron chi connectivity index (χ2n) is 5.50. The fourth-order valence-corrected chi connectivity index (χ4v) is 2.74. The van der Waals surface area contributed by atoms with Gasteiger partial charge >= 0.3 is 6.18 Å². The maximum absolute atomic E-state index is 13.5. The summed E-state index contributed by atoms with van der Waals surface area (Å²) in [6.07, 6.45) is -5.96. The first-order chi connectivity index (χ1) is 11.7. The molecule has 4 nitrogen and oxygen atoms in total. The van der Waals surface area contributed by atoms with Crippen LogP contribution >= 0.6 is 11.6 Å². The summed E-state index contributed by atoms with van der Waals surface area (Å²) in [5, 5.41) is 14.1. The summed E-state index contributed by atoms with van der Waals surface area (Å²) in [7, 11) is 0. The lowest BCUT2D eigenvalue weighted by atomic mass is 10.0. The lowest BCUT2D eigenvalue weighted by molar-refractivity contribution is -0.297. The van der Waals surface area contributed by atoms with Crippen molar-refractivity contribution in [1.29, 1.82) is 0 Å². The van der Waals surface area contributed by atoms with E-state index in [1.54, 1.807) is 30.3 Å². The Morgan fingerprint density at radius 3 is 2.32 bits per heavy atom. The zero-order valence-electron chi connectivity index (χ0n) is 12.7. The minimum absolute atomic E-state index is 0.0274. The van der Waals surface area contributed by atoms with Crippen LogP contribution in [0.25, 0.3) is 0 Å². The molecule has 0 aromatic heterocycles. The van der Waals surface area contributed by atoms with Gasteiger partial charge in [-0.05, 0) is 17.7 Å². The Kier molecular flexibility index (Phi) is 4.30. The Labute approximate surface area is 146 Å². The number of hydrogen-bond donors (Lipinski definition) is 1. The number of amides is 1. The van der Waals surface area contributed by atoms with Gasteiger partial charge in [-0.1, -0.05) is 54.1 Å². The lowest BCUT2D eigenvalue weighted by Gasteiger charge is -2.32. The van der Waals surface area contributed by atoms with E-state index < -0.39 is 24.2 Å². The molecule has 0 bridgehead atoms. The largest absolute Gasteiger partial charge is 0.438 e. The molecule has 0 aliphatic carbocycles. The first kappa shape index (κ1) is 17.4. The van der Waals surface area contributed by atoms with Crippen molar-refractivity contribution < 1.29 is 23.1 Å². The average Bonchev–Trinajstić information content (AvgIpc) is 2.94. The predicted molar refractivity (Wildman–Crippen MR) is 86.2 cm³/mol. The topological polar surface area (TPSA) is 52.9 Å². The molecule has 1 amide bonds. The highest BCUT2D eigenvalue weighted by atomic mass is 35.5. The van der Waals surface area contributed by atoms with Crippen LogP contribution in [-0.2, 0) is 0 Å². The first-order valence-corrected chi connectivity index (χ1v) is 7.63. The van der Waals surface area contributed by atoms with Crippen LogP contribution in [0.15, 0.2) is 59.7 Å². The van der Waals surface area contributed by atoms with Crippen molar-refractivity contribution in [1.82, 2.24) is 5.01 Å². The second kappa shape index (κ2) is 6.16. The van der Waals surface area contributed by atoms with E-state index in [0.29, 0.717) is 5.56 Å². The van der Waals surface area contributed by atoms with Crippen LogP contribution in [0.3, 0.4) is 0 Å². The van der Waals surface area contributed by atoms with Crippen molar-refractivity contribution in [2.75, 3.05) is 0 Å². The quantitative estimate of drug-likeness (QED) is 0.875. The van der Waals surface area contributed by atoms with Crippen LogP contribution in [0.2, 0.25) is 5.02 Å². The van der Waals surface area contributed by atoms with E-state index in [0.717, 1.165) is 0 Å². The van der Waals surface area contributed by atoms with Gasteiger partial charge in [-0.25, -0.2) is 0 Å². The Balaban J connectivity index is 2.08. The summed E-state index contributed by atoms with van der Waals surface area (Å²) >= 11 is 5.90. The van der Waals surface area contributed by atoms with E-state index in [1.807, 2.05) is 0 Å². The maximum Gasteiger partial charge on any atom is 0.438 e. The second-order valence-corrected chi connectivity index (χ2v) is 5.91. The van der Waals surface area contributed by atoms with Gasteiger partial charge in [-0.2, -0.15) is 23.3 Å². The number of halogens is 4. The van der Waals surface area contributed by atoms with Crippen molar-refractivity contribution in [3.63, 3.8) is 0 Å². The Morgan fingerprint density at radius 2 is 1.72 bits per heavy atom. The molecular weight excluding hydrogens is 357 g/mol. The van der Waals surface area contributed by atoms with Crippen LogP contribution in [0.4, 0.5) is 13.2 Å². The summed E-state index contributed by atoms with van der Waals surface area (Å²) < 4.78 is 40.5. The van der Waals surface area contributed by atoms with Gasteiger partial charge in [0.1, 0.15) is 0 Å². The molecule has 1 aliphatic heterocycles. The van der Waals surface area contributed by atoms with Crippen molar-refractivity contribution in [2.24, 2.45) is 5.10 Å².